The molecule has 1 atom stereocenters. The highest BCUT2D eigenvalue weighted by molar-refractivity contribution is 5.69. The molecule has 0 radical (unpaired) electrons. The number of carbonyl (C=O) groups is 1. The fourth-order valence-corrected chi connectivity index (χ4v) is 3.65. The maximum atomic E-state index is 14.8. The van der Waals surface area contributed by atoms with Crippen LogP contribution in [0.25, 0.3) is 11.1 Å². The van der Waals surface area contributed by atoms with Crippen LogP contribution in [0, 0.1) is 11.2 Å². The molecule has 0 bridgehead atoms. The van der Waals surface area contributed by atoms with E-state index in [0.717, 1.165) is 28.7 Å². The zero-order valence-electron chi connectivity index (χ0n) is 14.2. The van der Waals surface area contributed by atoms with Crippen molar-refractivity contribution in [2.24, 2.45) is 5.41 Å². The van der Waals surface area contributed by atoms with Crippen LogP contribution in [0.4, 0.5) is 9.18 Å². The Kier molecular flexibility index (Phi) is 4.08. The molecule has 24 heavy (non-hydrogen) atoms. The summed E-state index contributed by atoms with van der Waals surface area (Å²) in [4.78, 5) is 11.1. The van der Waals surface area contributed by atoms with E-state index in [9.17, 15) is 9.18 Å². The minimum Gasteiger partial charge on any atom is -0.465 e. The maximum Gasteiger partial charge on any atom is 0.405 e. The van der Waals surface area contributed by atoms with E-state index in [0.29, 0.717) is 12.0 Å². The maximum absolute atomic E-state index is 14.8. The van der Waals surface area contributed by atoms with Gasteiger partial charge >= 0.3 is 6.09 Å². The van der Waals surface area contributed by atoms with Gasteiger partial charge in [-0.2, -0.15) is 0 Å². The van der Waals surface area contributed by atoms with Gasteiger partial charge in [-0.05, 0) is 52.6 Å². The van der Waals surface area contributed by atoms with E-state index in [4.69, 9.17) is 5.11 Å². The first kappa shape index (κ1) is 16.5. The lowest BCUT2D eigenvalue weighted by atomic mass is 9.85. The van der Waals surface area contributed by atoms with Crippen LogP contribution < -0.4 is 5.32 Å². The van der Waals surface area contributed by atoms with E-state index in [-0.39, 0.29) is 11.2 Å². The van der Waals surface area contributed by atoms with Crippen molar-refractivity contribution < 1.29 is 14.3 Å². The van der Waals surface area contributed by atoms with Crippen LogP contribution in [0.15, 0.2) is 36.4 Å². The minimum absolute atomic E-state index is 0.281. The molecule has 3 nitrogen and oxygen atoms in total. The van der Waals surface area contributed by atoms with Crippen LogP contribution in [-0.2, 0) is 12.8 Å². The van der Waals surface area contributed by atoms with Gasteiger partial charge in [-0.15, -0.1) is 0 Å². The topological polar surface area (TPSA) is 49.3 Å². The fraction of sp³-hybridized carbons (Fsp3) is 0.350. The predicted molar refractivity (Wildman–Crippen MR) is 92.6 cm³/mol. The summed E-state index contributed by atoms with van der Waals surface area (Å²) in [7, 11) is 0. The third-order valence-corrected chi connectivity index (χ3v) is 4.88. The Hall–Kier alpha value is -2.36. The van der Waals surface area contributed by atoms with Gasteiger partial charge in [0.15, 0.2) is 0 Å². The van der Waals surface area contributed by atoms with Crippen molar-refractivity contribution in [1.82, 2.24) is 5.32 Å². The zero-order valence-corrected chi connectivity index (χ0v) is 14.2. The molecule has 0 aliphatic heterocycles. The molecule has 1 amide bonds. The van der Waals surface area contributed by atoms with Gasteiger partial charge in [0.05, 0.1) is 6.04 Å². The van der Waals surface area contributed by atoms with Crippen molar-refractivity contribution in [2.75, 3.05) is 0 Å². The summed E-state index contributed by atoms with van der Waals surface area (Å²) in [6.45, 7) is 6.08. The predicted octanol–water partition coefficient (Wildman–Crippen LogP) is 4.95. The van der Waals surface area contributed by atoms with Crippen LogP contribution >= 0.6 is 0 Å². The standard InChI is InChI=1S/C20H22FNO2/c1-4-12-6-5-7-13(8-12)15-9-14-11-20(2,3)18(22-19(23)24)16(14)10-17(15)21/h5-10,18,22H,4,11H2,1-3H3,(H,23,24). The third-order valence-electron chi connectivity index (χ3n) is 4.88. The van der Waals surface area contributed by atoms with Crippen LogP contribution in [0.2, 0.25) is 0 Å². The first-order valence-electron chi connectivity index (χ1n) is 8.23. The fourth-order valence-electron chi connectivity index (χ4n) is 3.65. The largest absolute Gasteiger partial charge is 0.465 e. The average molecular weight is 327 g/mol. The Morgan fingerprint density at radius 2 is 2.08 bits per heavy atom. The zero-order chi connectivity index (χ0) is 17.5. The molecule has 4 heteroatoms. The van der Waals surface area contributed by atoms with Gasteiger partial charge in [-0.25, -0.2) is 9.18 Å². The molecular weight excluding hydrogens is 305 g/mol. The number of nitrogens with one attached hydrogen (secondary N) is 1. The first-order chi connectivity index (χ1) is 11.3. The van der Waals surface area contributed by atoms with Gasteiger partial charge in [-0.1, -0.05) is 45.0 Å². The quantitative estimate of drug-likeness (QED) is 0.838. The molecule has 0 spiro atoms. The third kappa shape index (κ3) is 2.88. The molecule has 1 aliphatic rings. The lowest BCUT2D eigenvalue weighted by Gasteiger charge is -2.27. The molecule has 2 N–H and O–H groups in total. The number of hydrogen-bond acceptors (Lipinski definition) is 1. The number of halogens is 1. The van der Waals surface area contributed by atoms with Crippen LogP contribution in [0.3, 0.4) is 0 Å². The molecule has 0 saturated heterocycles. The van der Waals surface area contributed by atoms with E-state index >= 15 is 0 Å². The van der Waals surface area contributed by atoms with Crippen LogP contribution in [-0.4, -0.2) is 11.2 Å². The Labute approximate surface area is 141 Å². The summed E-state index contributed by atoms with van der Waals surface area (Å²) in [6.07, 6.45) is 0.535. The number of hydrogen-bond donors (Lipinski definition) is 2. The Morgan fingerprint density at radius 1 is 1.33 bits per heavy atom. The van der Waals surface area contributed by atoms with Crippen molar-refractivity contribution in [3.8, 4) is 11.1 Å². The second-order valence-corrected chi connectivity index (χ2v) is 7.13. The van der Waals surface area contributed by atoms with E-state index in [1.165, 1.54) is 6.07 Å². The van der Waals surface area contributed by atoms with Crippen molar-refractivity contribution >= 4 is 6.09 Å². The highest BCUT2D eigenvalue weighted by Gasteiger charge is 2.40. The number of fused-ring (bicyclic) bond motifs is 1. The second-order valence-electron chi connectivity index (χ2n) is 7.13. The number of benzene rings is 2. The van der Waals surface area contributed by atoms with Crippen LogP contribution in [0.1, 0.15) is 43.5 Å². The molecule has 2 aromatic carbocycles. The number of amides is 1. The molecular formula is C20H22FNO2. The summed E-state index contributed by atoms with van der Waals surface area (Å²) < 4.78 is 14.8. The van der Waals surface area contributed by atoms with Crippen LogP contribution in [0.5, 0.6) is 0 Å². The van der Waals surface area contributed by atoms with Gasteiger partial charge in [0.25, 0.3) is 0 Å². The molecule has 3 rings (SSSR count). The SMILES string of the molecule is CCc1cccc(-c2cc3c(cc2F)C(NC(=O)O)C(C)(C)C3)c1. The first-order valence-corrected chi connectivity index (χ1v) is 8.23. The van der Waals surface area contributed by atoms with Crippen molar-refractivity contribution in [1.29, 1.82) is 0 Å². The Bertz CT molecular complexity index is 798. The van der Waals surface area contributed by atoms with E-state index in [1.54, 1.807) is 0 Å². The molecule has 0 heterocycles. The normalized spacial score (nSPS) is 18.2. The Balaban J connectivity index is 2.07. The van der Waals surface area contributed by atoms with E-state index in [2.05, 4.69) is 12.2 Å². The smallest absolute Gasteiger partial charge is 0.405 e. The highest BCUT2D eigenvalue weighted by Crippen LogP contribution is 2.46. The summed E-state index contributed by atoms with van der Waals surface area (Å²) >= 11 is 0. The summed E-state index contributed by atoms with van der Waals surface area (Å²) in [6, 6.07) is 10.9. The summed E-state index contributed by atoms with van der Waals surface area (Å²) in [5.74, 6) is -0.308. The highest BCUT2D eigenvalue weighted by atomic mass is 19.1. The van der Waals surface area contributed by atoms with Gasteiger partial charge in [0.2, 0.25) is 0 Å². The molecule has 126 valence electrons. The van der Waals surface area contributed by atoms with Gasteiger partial charge in [0, 0.05) is 5.56 Å². The summed E-state index contributed by atoms with van der Waals surface area (Å²) in [5.41, 5.74) is 4.08. The molecule has 1 aliphatic carbocycles. The van der Waals surface area contributed by atoms with E-state index in [1.807, 2.05) is 44.2 Å². The monoisotopic (exact) mass is 327 g/mol. The average Bonchev–Trinajstić information content (AvgIpc) is 2.76. The molecule has 0 fully saturated rings. The molecule has 2 aromatic rings. The number of carboxylic acid groups (broad SMARTS) is 1. The lowest BCUT2D eigenvalue weighted by molar-refractivity contribution is 0.175. The van der Waals surface area contributed by atoms with E-state index < -0.39 is 12.1 Å². The number of rotatable bonds is 3. The van der Waals surface area contributed by atoms with Gasteiger partial charge in [0.1, 0.15) is 5.82 Å². The molecule has 0 aromatic heterocycles. The van der Waals surface area contributed by atoms with Crippen molar-refractivity contribution in [2.45, 2.75) is 39.7 Å². The van der Waals surface area contributed by atoms with Gasteiger partial charge in [-0.3, -0.25) is 0 Å². The summed E-state index contributed by atoms with van der Waals surface area (Å²) in [5, 5.41) is 11.6. The van der Waals surface area contributed by atoms with Crippen molar-refractivity contribution in [3.05, 3.63) is 58.9 Å². The minimum atomic E-state index is -1.08. The lowest BCUT2D eigenvalue weighted by Crippen LogP contribution is -2.34. The van der Waals surface area contributed by atoms with Gasteiger partial charge < -0.3 is 10.4 Å². The molecule has 1 unspecified atom stereocenters. The Morgan fingerprint density at radius 3 is 2.75 bits per heavy atom. The van der Waals surface area contributed by atoms with Crippen molar-refractivity contribution in [3.63, 3.8) is 0 Å². The second kappa shape index (κ2) is 5.93. The number of aryl methyl sites for hydroxylation is 1. The molecule has 0 saturated carbocycles.